The van der Waals surface area contributed by atoms with Crippen molar-refractivity contribution in [2.24, 2.45) is 11.8 Å². The molecule has 2 aliphatic rings. The van der Waals surface area contributed by atoms with Gasteiger partial charge < -0.3 is 14.8 Å². The number of aryl methyl sites for hydroxylation is 4. The first-order valence-corrected chi connectivity index (χ1v) is 15.4. The van der Waals surface area contributed by atoms with Gasteiger partial charge in [0.25, 0.3) is 0 Å². The molecule has 1 aromatic heterocycles. The molecular weight excluding hydrogens is 548 g/mol. The Bertz CT molecular complexity index is 1380. The third-order valence-electron chi connectivity index (χ3n) is 7.44. The van der Waals surface area contributed by atoms with Gasteiger partial charge >= 0.3 is 12.1 Å². The maximum atomic E-state index is 13.2. The smallest absolute Gasteiger partial charge is 0.415 e. The summed E-state index contributed by atoms with van der Waals surface area (Å²) in [6.07, 6.45) is 3.96. The van der Waals surface area contributed by atoms with Crippen LogP contribution in [0.25, 0.3) is 0 Å². The zero-order valence-electron chi connectivity index (χ0n) is 23.9. The van der Waals surface area contributed by atoms with Gasteiger partial charge in [-0.15, -0.1) is 0 Å². The number of esters is 1. The second-order valence-corrected chi connectivity index (χ2v) is 12.4. The van der Waals surface area contributed by atoms with Gasteiger partial charge in [0.1, 0.15) is 11.9 Å². The van der Waals surface area contributed by atoms with Crippen LogP contribution in [0.15, 0.2) is 35.4 Å². The molecule has 41 heavy (non-hydrogen) atoms. The summed E-state index contributed by atoms with van der Waals surface area (Å²) in [5, 5.41) is 2.69. The number of sulfonamides is 1. The zero-order chi connectivity index (χ0) is 29.7. The van der Waals surface area contributed by atoms with Crippen LogP contribution in [-0.4, -0.2) is 63.7 Å². The van der Waals surface area contributed by atoms with E-state index in [0.717, 1.165) is 24.0 Å². The first kappa shape index (κ1) is 30.4. The van der Waals surface area contributed by atoms with Crippen LogP contribution in [0.3, 0.4) is 0 Å². The number of carbonyl (C=O) groups excluding carboxylic acids is 3. The van der Waals surface area contributed by atoms with Crippen LogP contribution in [0, 0.1) is 32.6 Å². The topological polar surface area (TPSA) is 144 Å². The van der Waals surface area contributed by atoms with E-state index in [1.54, 1.807) is 44.0 Å². The second-order valence-electron chi connectivity index (χ2n) is 10.8. The van der Waals surface area contributed by atoms with E-state index < -0.39 is 28.1 Å². The summed E-state index contributed by atoms with van der Waals surface area (Å²) >= 11 is 0. The molecule has 0 saturated heterocycles. The SMILES string of the molecule is CCOC(=O)[C@H](CNC(=O)[C@H]1C[C@@H](COC(=O)N2CCCc3cccnc32)C1)NS(=O)(=O)c1c(C)cc(C)cc1C. The van der Waals surface area contributed by atoms with Crippen LogP contribution in [0.2, 0.25) is 0 Å². The van der Waals surface area contributed by atoms with Crippen molar-refractivity contribution in [1.29, 1.82) is 0 Å². The lowest BCUT2D eigenvalue weighted by Gasteiger charge is -2.35. The highest BCUT2D eigenvalue weighted by molar-refractivity contribution is 7.89. The molecular formula is C29H38N4O7S. The van der Waals surface area contributed by atoms with E-state index in [4.69, 9.17) is 9.47 Å². The van der Waals surface area contributed by atoms with Gasteiger partial charge in [-0.2, -0.15) is 4.72 Å². The number of rotatable bonds is 10. The van der Waals surface area contributed by atoms with Crippen molar-refractivity contribution < 1.29 is 32.3 Å². The lowest BCUT2D eigenvalue weighted by Crippen LogP contribution is -2.51. The Morgan fingerprint density at radius 2 is 1.83 bits per heavy atom. The number of hydrogen-bond acceptors (Lipinski definition) is 8. The van der Waals surface area contributed by atoms with Gasteiger partial charge in [-0.1, -0.05) is 23.8 Å². The Morgan fingerprint density at radius 1 is 1.12 bits per heavy atom. The molecule has 222 valence electrons. The van der Waals surface area contributed by atoms with Crippen molar-refractivity contribution in [2.75, 3.05) is 31.2 Å². The van der Waals surface area contributed by atoms with Gasteiger partial charge in [-0.3, -0.25) is 14.5 Å². The van der Waals surface area contributed by atoms with Gasteiger partial charge in [0.05, 0.1) is 18.1 Å². The number of pyridine rings is 1. The molecule has 0 bridgehead atoms. The van der Waals surface area contributed by atoms with Gasteiger partial charge in [-0.25, -0.2) is 18.2 Å². The molecule has 1 aliphatic heterocycles. The van der Waals surface area contributed by atoms with E-state index in [1.807, 2.05) is 19.1 Å². The summed E-state index contributed by atoms with van der Waals surface area (Å²) in [6.45, 7) is 7.45. The molecule has 11 nitrogen and oxygen atoms in total. The second kappa shape index (κ2) is 13.0. The molecule has 4 rings (SSSR count). The maximum Gasteiger partial charge on any atom is 0.415 e. The van der Waals surface area contributed by atoms with Crippen LogP contribution in [0.5, 0.6) is 0 Å². The van der Waals surface area contributed by atoms with Crippen molar-refractivity contribution in [1.82, 2.24) is 15.0 Å². The van der Waals surface area contributed by atoms with E-state index in [0.29, 0.717) is 36.3 Å². The molecule has 1 aromatic carbocycles. The minimum absolute atomic E-state index is 0.0366. The van der Waals surface area contributed by atoms with E-state index in [9.17, 15) is 22.8 Å². The zero-order valence-corrected chi connectivity index (χ0v) is 24.8. The molecule has 2 heterocycles. The number of anilines is 1. The number of aromatic nitrogens is 1. The summed E-state index contributed by atoms with van der Waals surface area (Å²) in [6, 6.07) is 6.04. The standard InChI is InChI=1S/C29H38N4O7S/c1-5-39-28(35)24(32-41(37,38)25-19(3)12-18(2)13-20(25)4)16-31-27(34)23-14-21(15-23)17-40-29(36)33-11-7-9-22-8-6-10-30-26(22)33/h6,8,10,12-13,21,23-24,32H,5,7,9,11,14-17H2,1-4H3,(H,31,34)/t21-,23+,24-/m0/s1. The fraction of sp³-hybridized carbons (Fsp3) is 0.517. The Morgan fingerprint density at radius 3 is 2.51 bits per heavy atom. The van der Waals surface area contributed by atoms with E-state index in [1.165, 1.54) is 0 Å². The molecule has 2 N–H and O–H groups in total. The number of nitrogens with zero attached hydrogens (tertiary/aromatic N) is 2. The van der Waals surface area contributed by atoms with E-state index in [2.05, 4.69) is 15.0 Å². The number of amides is 2. The van der Waals surface area contributed by atoms with Crippen LogP contribution >= 0.6 is 0 Å². The number of nitrogens with one attached hydrogen (secondary N) is 2. The summed E-state index contributed by atoms with van der Waals surface area (Å²) in [7, 11) is -4.07. The normalized spacial score (nSPS) is 19.0. The number of benzene rings is 1. The minimum Gasteiger partial charge on any atom is -0.465 e. The molecule has 0 radical (unpaired) electrons. The highest BCUT2D eigenvalue weighted by atomic mass is 32.2. The predicted octanol–water partition coefficient (Wildman–Crippen LogP) is 2.95. The van der Waals surface area contributed by atoms with E-state index >= 15 is 0 Å². The Labute approximate surface area is 241 Å². The number of fused-ring (bicyclic) bond motifs is 1. The Hall–Kier alpha value is -3.51. The van der Waals surface area contributed by atoms with Crippen LogP contribution in [0.4, 0.5) is 10.6 Å². The Balaban J connectivity index is 1.28. The monoisotopic (exact) mass is 586 g/mol. The number of carbonyl (C=O) groups is 3. The van der Waals surface area contributed by atoms with Gasteiger partial charge in [0, 0.05) is 25.2 Å². The quantitative estimate of drug-likeness (QED) is 0.405. The molecule has 0 unspecified atom stereocenters. The first-order chi connectivity index (χ1) is 19.5. The summed E-state index contributed by atoms with van der Waals surface area (Å²) in [5.41, 5.74) is 3.06. The van der Waals surface area contributed by atoms with Crippen LogP contribution in [0.1, 0.15) is 48.4 Å². The average Bonchev–Trinajstić information content (AvgIpc) is 2.88. The molecule has 0 spiro atoms. The highest BCUT2D eigenvalue weighted by Crippen LogP contribution is 2.34. The average molecular weight is 587 g/mol. The Kier molecular flexibility index (Phi) is 9.64. The van der Waals surface area contributed by atoms with Crippen molar-refractivity contribution in [2.45, 2.75) is 64.3 Å². The van der Waals surface area contributed by atoms with Gasteiger partial charge in [0.15, 0.2) is 0 Å². The third-order valence-corrected chi connectivity index (χ3v) is 9.22. The summed E-state index contributed by atoms with van der Waals surface area (Å²) in [5.74, 6) is -0.718. The molecule has 12 heteroatoms. The van der Waals surface area contributed by atoms with Crippen molar-refractivity contribution in [3.63, 3.8) is 0 Å². The summed E-state index contributed by atoms with van der Waals surface area (Å²) < 4.78 is 39.5. The largest absolute Gasteiger partial charge is 0.465 e. The van der Waals surface area contributed by atoms with Gasteiger partial charge in [0.2, 0.25) is 15.9 Å². The first-order valence-electron chi connectivity index (χ1n) is 13.9. The molecule has 2 amide bonds. The maximum absolute atomic E-state index is 13.2. The molecule has 1 saturated carbocycles. The fourth-order valence-electron chi connectivity index (χ4n) is 5.53. The lowest BCUT2D eigenvalue weighted by atomic mass is 9.75. The number of ether oxygens (including phenoxy) is 2. The van der Waals surface area contributed by atoms with Crippen LogP contribution < -0.4 is 14.9 Å². The van der Waals surface area contributed by atoms with Gasteiger partial charge in [-0.05, 0) is 82.1 Å². The lowest BCUT2D eigenvalue weighted by molar-refractivity contribution is -0.145. The number of hydrogen-bond donors (Lipinski definition) is 2. The minimum atomic E-state index is -4.07. The summed E-state index contributed by atoms with van der Waals surface area (Å²) in [4.78, 5) is 44.0. The molecule has 2 aromatic rings. The molecule has 1 fully saturated rings. The third kappa shape index (κ3) is 7.23. The highest BCUT2D eigenvalue weighted by Gasteiger charge is 2.37. The van der Waals surface area contributed by atoms with Crippen molar-refractivity contribution in [3.05, 3.63) is 52.7 Å². The fourth-order valence-corrected chi connectivity index (χ4v) is 7.17. The van der Waals surface area contributed by atoms with Crippen molar-refractivity contribution >= 4 is 33.8 Å². The van der Waals surface area contributed by atoms with Crippen molar-refractivity contribution in [3.8, 4) is 0 Å². The van der Waals surface area contributed by atoms with E-state index in [-0.39, 0.29) is 42.4 Å². The molecule has 1 aliphatic carbocycles. The molecule has 1 atom stereocenters. The van der Waals surface area contributed by atoms with Crippen LogP contribution in [-0.2, 0) is 35.5 Å². The predicted molar refractivity (Wildman–Crippen MR) is 152 cm³/mol.